The van der Waals surface area contributed by atoms with Gasteiger partial charge in [0.05, 0.1) is 15.9 Å². The zero-order chi connectivity index (χ0) is 18.8. The summed E-state index contributed by atoms with van der Waals surface area (Å²) in [5, 5.41) is 13.9. The number of hydrogen-bond acceptors (Lipinski definition) is 5. The number of amides is 1. The summed E-state index contributed by atoms with van der Waals surface area (Å²) in [4.78, 5) is 23.2. The lowest BCUT2D eigenvalue weighted by atomic mass is 10.1. The lowest BCUT2D eigenvalue weighted by Gasteiger charge is -2.15. The van der Waals surface area contributed by atoms with E-state index in [1.165, 1.54) is 18.2 Å². The Morgan fingerprint density at radius 1 is 1.16 bits per heavy atom. The number of para-hydroxylation sites is 1. The number of benzene rings is 2. The summed E-state index contributed by atoms with van der Waals surface area (Å²) in [5.41, 5.74) is 0.864. The first-order valence-electron chi connectivity index (χ1n) is 7.46. The Balaban J connectivity index is 2.24. The highest BCUT2D eigenvalue weighted by molar-refractivity contribution is 7.90. The number of carbonyl (C=O) groups excluding carboxylic acids is 1. The second-order valence-electron chi connectivity index (χ2n) is 5.76. The fourth-order valence-electron chi connectivity index (χ4n) is 2.45. The highest BCUT2D eigenvalue weighted by atomic mass is 32.2. The molecule has 0 heterocycles. The Bertz CT molecular complexity index is 921. The van der Waals surface area contributed by atoms with Crippen LogP contribution in [0.2, 0.25) is 0 Å². The van der Waals surface area contributed by atoms with E-state index in [0.717, 1.165) is 6.26 Å². The normalized spacial score (nSPS) is 12.4. The number of carbonyl (C=O) groups is 1. The molecule has 1 atom stereocenters. The summed E-state index contributed by atoms with van der Waals surface area (Å²) >= 11 is 0. The second kappa shape index (κ2) is 7.02. The number of nitrogens with zero attached hydrogens (tertiary/aromatic N) is 1. The van der Waals surface area contributed by atoms with Crippen molar-refractivity contribution in [2.45, 2.75) is 24.8 Å². The topological polar surface area (TPSA) is 106 Å². The van der Waals surface area contributed by atoms with E-state index in [1.54, 1.807) is 38.1 Å². The SMILES string of the molecule is Cc1cccc(C(=O)NC(C)c2ccc(S(C)(=O)=O)cc2)c1[N+](=O)[O-]. The van der Waals surface area contributed by atoms with Gasteiger partial charge in [-0.2, -0.15) is 0 Å². The van der Waals surface area contributed by atoms with E-state index in [1.807, 2.05) is 0 Å². The molecule has 0 fully saturated rings. The average Bonchev–Trinajstić information content (AvgIpc) is 2.53. The van der Waals surface area contributed by atoms with Gasteiger partial charge >= 0.3 is 0 Å². The third-order valence-corrected chi connectivity index (χ3v) is 4.95. The molecule has 0 saturated carbocycles. The van der Waals surface area contributed by atoms with Crippen LogP contribution >= 0.6 is 0 Å². The standard InChI is InChI=1S/C17H18N2O5S/c1-11-5-4-6-15(16(11)19(21)22)17(20)18-12(2)13-7-9-14(10-8-13)25(3,23)24/h4-10,12H,1-3H3,(H,18,20). The first-order chi connectivity index (χ1) is 11.6. The maximum Gasteiger partial charge on any atom is 0.285 e. The van der Waals surface area contributed by atoms with Gasteiger partial charge < -0.3 is 5.32 Å². The lowest BCUT2D eigenvalue weighted by molar-refractivity contribution is -0.385. The predicted molar refractivity (Wildman–Crippen MR) is 93.3 cm³/mol. The molecule has 0 radical (unpaired) electrons. The fraction of sp³-hybridized carbons (Fsp3) is 0.235. The highest BCUT2D eigenvalue weighted by Crippen LogP contribution is 2.24. The van der Waals surface area contributed by atoms with Crippen molar-refractivity contribution in [3.05, 3.63) is 69.3 Å². The average molecular weight is 362 g/mol. The third-order valence-electron chi connectivity index (χ3n) is 3.82. The van der Waals surface area contributed by atoms with E-state index in [-0.39, 0.29) is 16.1 Å². The number of rotatable bonds is 5. The van der Waals surface area contributed by atoms with Gasteiger partial charge in [-0.3, -0.25) is 14.9 Å². The molecule has 2 aromatic carbocycles. The number of hydrogen-bond donors (Lipinski definition) is 1. The smallest absolute Gasteiger partial charge is 0.285 e. The molecule has 0 aliphatic carbocycles. The van der Waals surface area contributed by atoms with Crippen LogP contribution in [0, 0.1) is 17.0 Å². The van der Waals surface area contributed by atoms with Crippen molar-refractivity contribution in [1.29, 1.82) is 0 Å². The third kappa shape index (κ3) is 4.21. The van der Waals surface area contributed by atoms with Crippen LogP contribution in [0.25, 0.3) is 0 Å². The van der Waals surface area contributed by atoms with E-state index in [9.17, 15) is 23.3 Å². The van der Waals surface area contributed by atoms with Crippen LogP contribution in [0.5, 0.6) is 0 Å². The quantitative estimate of drug-likeness (QED) is 0.650. The lowest BCUT2D eigenvalue weighted by Crippen LogP contribution is -2.27. The van der Waals surface area contributed by atoms with E-state index in [4.69, 9.17) is 0 Å². The summed E-state index contributed by atoms with van der Waals surface area (Å²) in [6.07, 6.45) is 1.12. The Kier molecular flexibility index (Phi) is 5.22. The summed E-state index contributed by atoms with van der Waals surface area (Å²) in [6, 6.07) is 10.2. The minimum absolute atomic E-state index is 0.00962. The van der Waals surface area contributed by atoms with Crippen LogP contribution in [-0.4, -0.2) is 25.5 Å². The van der Waals surface area contributed by atoms with E-state index in [0.29, 0.717) is 11.1 Å². The summed E-state index contributed by atoms with van der Waals surface area (Å²) in [5.74, 6) is -0.560. The van der Waals surface area contributed by atoms with Crippen LogP contribution in [0.3, 0.4) is 0 Å². The van der Waals surface area contributed by atoms with Gasteiger partial charge in [-0.25, -0.2) is 8.42 Å². The first kappa shape index (κ1) is 18.6. The molecule has 1 N–H and O–H groups in total. The van der Waals surface area contributed by atoms with Crippen molar-refractivity contribution < 1.29 is 18.1 Å². The van der Waals surface area contributed by atoms with Crippen LogP contribution in [0.1, 0.15) is 34.5 Å². The molecular formula is C17H18N2O5S. The van der Waals surface area contributed by atoms with Crippen molar-refractivity contribution in [3.8, 4) is 0 Å². The zero-order valence-electron chi connectivity index (χ0n) is 14.0. The first-order valence-corrected chi connectivity index (χ1v) is 9.35. The Morgan fingerprint density at radius 2 is 1.76 bits per heavy atom. The maximum absolute atomic E-state index is 12.4. The number of nitro benzene ring substituents is 1. The second-order valence-corrected chi connectivity index (χ2v) is 7.78. The number of aryl methyl sites for hydroxylation is 1. The van der Waals surface area contributed by atoms with Gasteiger partial charge in [-0.05, 0) is 37.6 Å². The number of nitrogens with one attached hydrogen (secondary N) is 1. The van der Waals surface area contributed by atoms with Crippen molar-refractivity contribution in [2.24, 2.45) is 0 Å². The van der Waals surface area contributed by atoms with E-state index < -0.39 is 26.7 Å². The molecule has 0 spiro atoms. The van der Waals surface area contributed by atoms with Gasteiger partial charge in [0.15, 0.2) is 9.84 Å². The molecule has 0 aliphatic heterocycles. The molecule has 2 rings (SSSR count). The van der Waals surface area contributed by atoms with Gasteiger partial charge in [0.1, 0.15) is 5.56 Å². The molecule has 0 aliphatic rings. The molecule has 0 aromatic heterocycles. The molecule has 7 nitrogen and oxygen atoms in total. The van der Waals surface area contributed by atoms with Gasteiger partial charge in [-0.15, -0.1) is 0 Å². The molecule has 0 bridgehead atoms. The van der Waals surface area contributed by atoms with Crippen LogP contribution in [-0.2, 0) is 9.84 Å². The zero-order valence-corrected chi connectivity index (χ0v) is 14.8. The maximum atomic E-state index is 12.4. The molecule has 1 amide bonds. The minimum atomic E-state index is -3.29. The van der Waals surface area contributed by atoms with Gasteiger partial charge in [0, 0.05) is 11.8 Å². The summed E-state index contributed by atoms with van der Waals surface area (Å²) < 4.78 is 23.0. The monoisotopic (exact) mass is 362 g/mol. The van der Waals surface area contributed by atoms with E-state index >= 15 is 0 Å². The molecule has 8 heteroatoms. The van der Waals surface area contributed by atoms with Crippen molar-refractivity contribution in [1.82, 2.24) is 5.32 Å². The van der Waals surface area contributed by atoms with Crippen molar-refractivity contribution in [3.63, 3.8) is 0 Å². The predicted octanol–water partition coefficient (Wildman–Crippen LogP) is 2.80. The largest absolute Gasteiger partial charge is 0.345 e. The summed E-state index contributed by atoms with van der Waals surface area (Å²) in [7, 11) is -3.29. The minimum Gasteiger partial charge on any atom is -0.345 e. The molecule has 25 heavy (non-hydrogen) atoms. The van der Waals surface area contributed by atoms with Crippen molar-refractivity contribution >= 4 is 21.4 Å². The Hall–Kier alpha value is -2.74. The molecular weight excluding hydrogens is 344 g/mol. The van der Waals surface area contributed by atoms with Gasteiger partial charge in [0.2, 0.25) is 0 Å². The van der Waals surface area contributed by atoms with Gasteiger partial charge in [0.25, 0.3) is 11.6 Å². The fourth-order valence-corrected chi connectivity index (χ4v) is 3.08. The number of nitro groups is 1. The van der Waals surface area contributed by atoms with Crippen LogP contribution in [0.15, 0.2) is 47.4 Å². The highest BCUT2D eigenvalue weighted by Gasteiger charge is 2.23. The van der Waals surface area contributed by atoms with Crippen molar-refractivity contribution in [2.75, 3.05) is 6.26 Å². The van der Waals surface area contributed by atoms with Gasteiger partial charge in [-0.1, -0.05) is 24.3 Å². The molecule has 2 aromatic rings. The van der Waals surface area contributed by atoms with Crippen LogP contribution in [0.4, 0.5) is 5.69 Å². The Labute approximate surface area is 145 Å². The summed E-state index contributed by atoms with van der Waals surface area (Å²) in [6.45, 7) is 3.29. The molecule has 132 valence electrons. The number of sulfone groups is 1. The molecule has 0 saturated heterocycles. The van der Waals surface area contributed by atoms with E-state index in [2.05, 4.69) is 5.32 Å². The van der Waals surface area contributed by atoms with Crippen LogP contribution < -0.4 is 5.32 Å². The molecule has 1 unspecified atom stereocenters. The Morgan fingerprint density at radius 3 is 2.28 bits per heavy atom.